The van der Waals surface area contributed by atoms with E-state index in [2.05, 4.69) is 5.32 Å². The number of ether oxygens (including phenoxy) is 2. The largest absolute Gasteiger partial charge is 0.399 e. The standard InChI is InChI=1S/C13H19ClN2O3/c1-3-18-7-9(2)19-8-13(17)16-12-5-4-10(15)6-11(12)14/h4-6,9H,3,7-8,15H2,1-2H3,(H,16,17). The molecule has 1 aromatic rings. The molecule has 0 saturated heterocycles. The van der Waals surface area contributed by atoms with E-state index in [0.717, 1.165) is 0 Å². The lowest BCUT2D eigenvalue weighted by molar-refractivity contribution is -0.123. The summed E-state index contributed by atoms with van der Waals surface area (Å²) < 4.78 is 10.5. The topological polar surface area (TPSA) is 73.6 Å². The van der Waals surface area contributed by atoms with Gasteiger partial charge in [-0.3, -0.25) is 4.79 Å². The number of benzene rings is 1. The van der Waals surface area contributed by atoms with Crippen LogP contribution in [0.4, 0.5) is 11.4 Å². The molecule has 0 aliphatic carbocycles. The van der Waals surface area contributed by atoms with Crippen molar-refractivity contribution in [1.82, 2.24) is 0 Å². The molecule has 1 rings (SSSR count). The van der Waals surface area contributed by atoms with Crippen LogP contribution in [0.5, 0.6) is 0 Å². The highest BCUT2D eigenvalue weighted by atomic mass is 35.5. The monoisotopic (exact) mass is 286 g/mol. The van der Waals surface area contributed by atoms with E-state index in [1.165, 1.54) is 0 Å². The van der Waals surface area contributed by atoms with Gasteiger partial charge in [0.15, 0.2) is 0 Å². The van der Waals surface area contributed by atoms with Gasteiger partial charge in [0, 0.05) is 12.3 Å². The number of rotatable bonds is 7. The number of carbonyl (C=O) groups is 1. The Hall–Kier alpha value is -1.30. The molecule has 0 aliphatic heterocycles. The first-order chi connectivity index (χ1) is 9.02. The number of carbonyl (C=O) groups excluding carboxylic acids is 1. The molecule has 1 amide bonds. The maximum Gasteiger partial charge on any atom is 0.250 e. The van der Waals surface area contributed by atoms with Crippen molar-refractivity contribution < 1.29 is 14.3 Å². The molecular weight excluding hydrogens is 268 g/mol. The molecule has 1 aromatic carbocycles. The zero-order valence-electron chi connectivity index (χ0n) is 11.1. The quantitative estimate of drug-likeness (QED) is 0.754. The van der Waals surface area contributed by atoms with E-state index < -0.39 is 0 Å². The molecule has 3 N–H and O–H groups in total. The van der Waals surface area contributed by atoms with Crippen molar-refractivity contribution in [2.45, 2.75) is 20.0 Å². The molecule has 0 heterocycles. The third kappa shape index (κ3) is 5.92. The fourth-order valence-corrected chi connectivity index (χ4v) is 1.61. The van der Waals surface area contributed by atoms with Crippen molar-refractivity contribution in [3.05, 3.63) is 23.2 Å². The Morgan fingerprint density at radius 2 is 2.26 bits per heavy atom. The number of anilines is 2. The van der Waals surface area contributed by atoms with Crippen molar-refractivity contribution in [2.24, 2.45) is 0 Å². The number of nitrogens with one attached hydrogen (secondary N) is 1. The fraction of sp³-hybridized carbons (Fsp3) is 0.462. The van der Waals surface area contributed by atoms with Crippen molar-refractivity contribution in [2.75, 3.05) is 30.9 Å². The summed E-state index contributed by atoms with van der Waals surface area (Å²) in [5.74, 6) is -0.269. The van der Waals surface area contributed by atoms with E-state index in [1.807, 2.05) is 13.8 Å². The van der Waals surface area contributed by atoms with Crippen LogP contribution in [-0.2, 0) is 14.3 Å². The second-order valence-corrected chi connectivity index (χ2v) is 4.48. The summed E-state index contributed by atoms with van der Waals surface area (Å²) in [4.78, 5) is 11.7. The van der Waals surface area contributed by atoms with Crippen LogP contribution in [0, 0.1) is 0 Å². The van der Waals surface area contributed by atoms with E-state index in [9.17, 15) is 4.79 Å². The molecule has 0 fully saturated rings. The van der Waals surface area contributed by atoms with Gasteiger partial charge in [-0.15, -0.1) is 0 Å². The first-order valence-corrected chi connectivity index (χ1v) is 6.45. The first kappa shape index (κ1) is 15.8. The van der Waals surface area contributed by atoms with E-state index >= 15 is 0 Å². The Morgan fingerprint density at radius 3 is 2.89 bits per heavy atom. The van der Waals surface area contributed by atoms with Gasteiger partial charge in [-0.2, -0.15) is 0 Å². The molecule has 0 spiro atoms. The highest BCUT2D eigenvalue weighted by molar-refractivity contribution is 6.34. The summed E-state index contributed by atoms with van der Waals surface area (Å²) in [7, 11) is 0. The van der Waals surface area contributed by atoms with Gasteiger partial charge in [-0.1, -0.05) is 11.6 Å². The second-order valence-electron chi connectivity index (χ2n) is 4.07. The minimum absolute atomic E-state index is 0.0467. The lowest BCUT2D eigenvalue weighted by Crippen LogP contribution is -2.24. The molecule has 5 nitrogen and oxygen atoms in total. The first-order valence-electron chi connectivity index (χ1n) is 6.07. The van der Waals surface area contributed by atoms with E-state index in [0.29, 0.717) is 29.6 Å². The zero-order valence-corrected chi connectivity index (χ0v) is 11.9. The lowest BCUT2D eigenvalue weighted by atomic mass is 10.3. The molecule has 0 radical (unpaired) electrons. The number of amides is 1. The van der Waals surface area contributed by atoms with Crippen molar-refractivity contribution >= 4 is 28.9 Å². The third-order valence-electron chi connectivity index (χ3n) is 2.32. The van der Waals surface area contributed by atoms with Crippen LogP contribution in [0.1, 0.15) is 13.8 Å². The Kier molecular flexibility index (Phi) is 6.62. The Morgan fingerprint density at radius 1 is 1.53 bits per heavy atom. The van der Waals surface area contributed by atoms with E-state index in [1.54, 1.807) is 18.2 Å². The highest BCUT2D eigenvalue weighted by Gasteiger charge is 2.09. The molecule has 0 bridgehead atoms. The summed E-state index contributed by atoms with van der Waals surface area (Å²) in [6, 6.07) is 4.90. The maximum atomic E-state index is 11.7. The summed E-state index contributed by atoms with van der Waals surface area (Å²) in [6.45, 7) is 4.80. The van der Waals surface area contributed by atoms with Crippen LogP contribution in [0.3, 0.4) is 0 Å². The van der Waals surface area contributed by atoms with Crippen LogP contribution in [0.2, 0.25) is 5.02 Å². The second kappa shape index (κ2) is 7.99. The number of hydrogen-bond donors (Lipinski definition) is 2. The van der Waals surface area contributed by atoms with Crippen LogP contribution in [-0.4, -0.2) is 31.8 Å². The maximum absolute atomic E-state index is 11.7. The Labute approximate surface area is 118 Å². The zero-order chi connectivity index (χ0) is 14.3. The molecule has 0 saturated carbocycles. The number of nitrogen functional groups attached to an aromatic ring is 1. The van der Waals surface area contributed by atoms with Gasteiger partial charge in [0.2, 0.25) is 5.91 Å². The van der Waals surface area contributed by atoms with Gasteiger partial charge in [-0.05, 0) is 32.0 Å². The van der Waals surface area contributed by atoms with Crippen molar-refractivity contribution in [3.8, 4) is 0 Å². The average Bonchev–Trinajstić information content (AvgIpc) is 2.37. The van der Waals surface area contributed by atoms with Crippen molar-refractivity contribution in [3.63, 3.8) is 0 Å². The Bertz CT molecular complexity index is 426. The normalized spacial score (nSPS) is 12.2. The van der Waals surface area contributed by atoms with Crippen LogP contribution >= 0.6 is 11.6 Å². The van der Waals surface area contributed by atoms with Gasteiger partial charge in [0.25, 0.3) is 0 Å². The predicted octanol–water partition coefficient (Wildman–Crippen LogP) is 2.30. The van der Waals surface area contributed by atoms with Gasteiger partial charge in [0.05, 0.1) is 23.4 Å². The van der Waals surface area contributed by atoms with Gasteiger partial charge < -0.3 is 20.5 Å². The fourth-order valence-electron chi connectivity index (χ4n) is 1.37. The molecule has 0 aromatic heterocycles. The van der Waals surface area contributed by atoms with Gasteiger partial charge in [-0.25, -0.2) is 0 Å². The lowest BCUT2D eigenvalue weighted by Gasteiger charge is -2.13. The van der Waals surface area contributed by atoms with Gasteiger partial charge >= 0.3 is 0 Å². The summed E-state index contributed by atoms with van der Waals surface area (Å²) in [5, 5.41) is 3.06. The minimum atomic E-state index is -0.269. The predicted molar refractivity (Wildman–Crippen MR) is 76.4 cm³/mol. The summed E-state index contributed by atoms with van der Waals surface area (Å²) in [5.41, 5.74) is 6.63. The summed E-state index contributed by atoms with van der Waals surface area (Å²) in [6.07, 6.45) is -0.132. The molecule has 0 aliphatic rings. The van der Waals surface area contributed by atoms with Crippen molar-refractivity contribution in [1.29, 1.82) is 0 Å². The van der Waals surface area contributed by atoms with E-state index in [-0.39, 0.29) is 18.6 Å². The molecule has 6 heteroatoms. The molecule has 106 valence electrons. The molecule has 1 unspecified atom stereocenters. The average molecular weight is 287 g/mol. The highest BCUT2D eigenvalue weighted by Crippen LogP contribution is 2.23. The number of halogens is 1. The van der Waals surface area contributed by atoms with Crippen LogP contribution in [0.15, 0.2) is 18.2 Å². The summed E-state index contributed by atoms with van der Waals surface area (Å²) >= 11 is 5.95. The van der Waals surface area contributed by atoms with Gasteiger partial charge in [0.1, 0.15) is 6.61 Å². The number of nitrogens with two attached hydrogens (primary N) is 1. The smallest absolute Gasteiger partial charge is 0.250 e. The molecule has 19 heavy (non-hydrogen) atoms. The SMILES string of the molecule is CCOCC(C)OCC(=O)Nc1ccc(N)cc1Cl. The van der Waals surface area contributed by atoms with Crippen LogP contribution < -0.4 is 11.1 Å². The molecular formula is C13H19ClN2O3. The van der Waals surface area contributed by atoms with Crippen LogP contribution in [0.25, 0.3) is 0 Å². The third-order valence-corrected chi connectivity index (χ3v) is 2.64. The number of hydrogen-bond acceptors (Lipinski definition) is 4. The minimum Gasteiger partial charge on any atom is -0.399 e. The Balaban J connectivity index is 2.38. The molecule has 1 atom stereocenters. The van der Waals surface area contributed by atoms with E-state index in [4.69, 9.17) is 26.8 Å².